The van der Waals surface area contributed by atoms with E-state index in [0.717, 1.165) is 22.9 Å². The molecule has 0 fully saturated rings. The van der Waals surface area contributed by atoms with E-state index in [2.05, 4.69) is 14.7 Å². The quantitative estimate of drug-likeness (QED) is 0.460. The summed E-state index contributed by atoms with van der Waals surface area (Å²) in [4.78, 5) is 23.9. The van der Waals surface area contributed by atoms with Crippen molar-refractivity contribution in [2.45, 2.75) is 45.1 Å². The minimum absolute atomic E-state index is 0.0166. The molecule has 0 aliphatic carbocycles. The zero-order valence-corrected chi connectivity index (χ0v) is 24.8. The number of nitrogens with one attached hydrogen (secondary N) is 1. The van der Waals surface area contributed by atoms with Crippen molar-refractivity contribution in [1.82, 2.24) is 14.9 Å². The molecule has 4 bridgehead atoms. The van der Waals surface area contributed by atoms with E-state index in [4.69, 9.17) is 4.74 Å². The molecule has 1 amide bonds. The first-order chi connectivity index (χ1) is 18.7. The van der Waals surface area contributed by atoms with Gasteiger partial charge in [0.25, 0.3) is 15.9 Å². The van der Waals surface area contributed by atoms with E-state index in [1.54, 1.807) is 6.07 Å². The van der Waals surface area contributed by atoms with Crippen LogP contribution >= 0.6 is 0 Å². The summed E-state index contributed by atoms with van der Waals surface area (Å²) in [6, 6.07) is 12.6. The minimum Gasteiger partial charge on any atom is -0.475 e. The lowest BCUT2D eigenvalue weighted by Crippen LogP contribution is -2.46. The number of anilines is 1. The number of carbonyl (C=O) groups excluding carboxylic acids is 1. The normalized spacial score (nSPS) is 17.3. The maximum atomic E-state index is 13.8. The fourth-order valence-electron chi connectivity index (χ4n) is 4.76. The number of hydrogen-bond acceptors (Lipinski definition) is 8. The number of amides is 1. The Morgan fingerprint density at radius 3 is 2.40 bits per heavy atom. The second-order valence-corrected chi connectivity index (χ2v) is 14.5. The third kappa shape index (κ3) is 6.97. The van der Waals surface area contributed by atoms with Crippen molar-refractivity contribution in [2.75, 3.05) is 29.9 Å². The van der Waals surface area contributed by atoms with E-state index in [9.17, 15) is 21.6 Å². The van der Waals surface area contributed by atoms with Crippen LogP contribution in [0.5, 0.6) is 5.88 Å². The Labute approximate surface area is 235 Å². The van der Waals surface area contributed by atoms with Gasteiger partial charge < -0.3 is 9.64 Å². The van der Waals surface area contributed by atoms with E-state index >= 15 is 0 Å². The van der Waals surface area contributed by atoms with E-state index < -0.39 is 31.8 Å². The second-order valence-electron chi connectivity index (χ2n) is 10.5. The van der Waals surface area contributed by atoms with Gasteiger partial charge in [-0.25, -0.2) is 26.5 Å². The highest BCUT2D eigenvalue weighted by molar-refractivity contribution is 7.92. The van der Waals surface area contributed by atoms with Crippen LogP contribution in [0.4, 0.5) is 5.95 Å². The van der Waals surface area contributed by atoms with Gasteiger partial charge in [0, 0.05) is 30.0 Å². The van der Waals surface area contributed by atoms with Crippen molar-refractivity contribution in [3.05, 3.63) is 65.2 Å². The molecular weight excluding hydrogens is 552 g/mol. The molecule has 0 radical (unpaired) electrons. The van der Waals surface area contributed by atoms with Gasteiger partial charge in [0.1, 0.15) is 16.4 Å². The number of rotatable bonds is 6. The topological polar surface area (TPSA) is 136 Å². The maximum Gasteiger partial charge on any atom is 0.264 e. The fourth-order valence-corrected chi connectivity index (χ4v) is 6.28. The Morgan fingerprint density at radius 2 is 1.75 bits per heavy atom. The summed E-state index contributed by atoms with van der Waals surface area (Å²) < 4.78 is 59.4. The number of aryl methyl sites for hydroxylation is 2. The molecule has 2 aromatic carbocycles. The molecule has 3 aromatic rings. The SMILES string of the molecule is Cc1cccc(C)c1-c1cc2nc(n1)NS(=O)(=O)c1cccc(c1)C(=O)N(CCS(C)(=O)=O)[C@H](CC(C)C)CO2. The molecular formula is C28H34N4O6S2. The van der Waals surface area contributed by atoms with Crippen molar-refractivity contribution in [3.63, 3.8) is 0 Å². The zero-order valence-electron chi connectivity index (χ0n) is 23.2. The predicted molar refractivity (Wildman–Crippen MR) is 154 cm³/mol. The average Bonchev–Trinajstić information content (AvgIpc) is 2.85. The maximum absolute atomic E-state index is 13.8. The fraction of sp³-hybridized carbons (Fsp3) is 0.393. The Kier molecular flexibility index (Phi) is 8.50. The summed E-state index contributed by atoms with van der Waals surface area (Å²) in [7, 11) is -7.58. The molecule has 1 aliphatic heterocycles. The van der Waals surface area contributed by atoms with Crippen LogP contribution in [0.2, 0.25) is 0 Å². The highest BCUT2D eigenvalue weighted by atomic mass is 32.2. The first-order valence-corrected chi connectivity index (χ1v) is 16.5. The Balaban J connectivity index is 1.90. The summed E-state index contributed by atoms with van der Waals surface area (Å²) in [5.41, 5.74) is 3.31. The van der Waals surface area contributed by atoms with E-state index in [0.29, 0.717) is 12.1 Å². The Hall–Kier alpha value is -3.51. The van der Waals surface area contributed by atoms with Crippen molar-refractivity contribution < 1.29 is 26.4 Å². The molecule has 0 saturated carbocycles. The van der Waals surface area contributed by atoms with E-state index in [1.165, 1.54) is 29.2 Å². The smallest absolute Gasteiger partial charge is 0.264 e. The van der Waals surface area contributed by atoms with Gasteiger partial charge >= 0.3 is 0 Å². The van der Waals surface area contributed by atoms with E-state index in [1.807, 2.05) is 45.9 Å². The van der Waals surface area contributed by atoms with Crippen LogP contribution in [0, 0.1) is 19.8 Å². The molecule has 0 spiro atoms. The number of hydrogen-bond donors (Lipinski definition) is 1. The molecule has 40 heavy (non-hydrogen) atoms. The van der Waals surface area contributed by atoms with Crippen LogP contribution < -0.4 is 9.46 Å². The van der Waals surface area contributed by atoms with Crippen LogP contribution in [-0.2, 0) is 19.9 Å². The summed E-state index contributed by atoms with van der Waals surface area (Å²) in [6.45, 7) is 7.82. The standard InChI is InChI=1S/C28H34N4O6S2/c1-18(2)14-22-17-38-25-16-24(26-19(3)8-6-9-20(26)4)29-28(30-25)31-40(36,37)23-11-7-10-21(15-23)27(33)32(22)12-13-39(5,34)35/h6-11,15-16,18,22H,12-14,17H2,1-5H3,(H,29,30,31)/t22-/m1/s1. The molecule has 4 rings (SSSR count). The highest BCUT2D eigenvalue weighted by Gasteiger charge is 2.29. The van der Waals surface area contributed by atoms with Gasteiger partial charge in [0.05, 0.1) is 22.4 Å². The van der Waals surface area contributed by atoms with Gasteiger partial charge in [-0.2, -0.15) is 4.98 Å². The number of carbonyl (C=O) groups is 1. The van der Waals surface area contributed by atoms with Gasteiger partial charge in [-0.1, -0.05) is 38.1 Å². The summed E-state index contributed by atoms with van der Waals surface area (Å²) in [5.74, 6) is -0.622. The number of fused-ring (bicyclic) bond motifs is 4. The zero-order chi connectivity index (χ0) is 29.2. The third-order valence-corrected chi connectivity index (χ3v) is 8.88. The lowest BCUT2D eigenvalue weighted by molar-refractivity contribution is 0.0593. The van der Waals surface area contributed by atoms with Gasteiger partial charge in [-0.3, -0.25) is 4.79 Å². The number of ether oxygens (including phenoxy) is 1. The molecule has 214 valence electrons. The monoisotopic (exact) mass is 586 g/mol. The molecule has 1 atom stereocenters. The lowest BCUT2D eigenvalue weighted by atomic mass is 10.00. The number of benzene rings is 2. The molecule has 0 unspecified atom stereocenters. The van der Waals surface area contributed by atoms with Gasteiger partial charge in [0.2, 0.25) is 11.8 Å². The Morgan fingerprint density at radius 1 is 1.07 bits per heavy atom. The number of sulfone groups is 1. The minimum atomic E-state index is -4.18. The Bertz CT molecular complexity index is 1620. The van der Waals surface area contributed by atoms with Crippen molar-refractivity contribution in [1.29, 1.82) is 0 Å². The summed E-state index contributed by atoms with van der Waals surface area (Å²) in [5, 5.41) is 0. The van der Waals surface area contributed by atoms with Gasteiger partial charge in [-0.05, 0) is 55.5 Å². The molecule has 12 heteroatoms. The molecule has 1 aromatic heterocycles. The van der Waals surface area contributed by atoms with Crippen LogP contribution in [0.15, 0.2) is 53.4 Å². The van der Waals surface area contributed by atoms with Crippen LogP contribution in [0.1, 0.15) is 41.8 Å². The van der Waals surface area contributed by atoms with Gasteiger partial charge in [-0.15, -0.1) is 0 Å². The number of sulfonamides is 1. The summed E-state index contributed by atoms with van der Waals surface area (Å²) in [6.07, 6.45) is 1.63. The number of aromatic nitrogens is 2. The average molecular weight is 587 g/mol. The molecule has 1 N–H and O–H groups in total. The van der Waals surface area contributed by atoms with Crippen molar-refractivity contribution in [3.8, 4) is 17.1 Å². The molecule has 1 aliphatic rings. The van der Waals surface area contributed by atoms with Crippen LogP contribution in [0.25, 0.3) is 11.3 Å². The van der Waals surface area contributed by atoms with Crippen molar-refractivity contribution in [2.24, 2.45) is 5.92 Å². The van der Waals surface area contributed by atoms with Crippen molar-refractivity contribution >= 4 is 31.7 Å². The highest BCUT2D eigenvalue weighted by Crippen LogP contribution is 2.30. The first kappa shape index (κ1) is 29.5. The summed E-state index contributed by atoms with van der Waals surface area (Å²) >= 11 is 0. The molecule has 2 heterocycles. The van der Waals surface area contributed by atoms with Crippen LogP contribution in [-0.4, -0.2) is 68.8 Å². The predicted octanol–water partition coefficient (Wildman–Crippen LogP) is 3.86. The number of nitrogens with zero attached hydrogens (tertiary/aromatic N) is 3. The largest absolute Gasteiger partial charge is 0.475 e. The molecule has 0 saturated heterocycles. The van der Waals surface area contributed by atoms with Crippen LogP contribution in [0.3, 0.4) is 0 Å². The van der Waals surface area contributed by atoms with Gasteiger partial charge in [0.15, 0.2) is 0 Å². The molecule has 10 nitrogen and oxygen atoms in total. The second kappa shape index (κ2) is 11.5. The van der Waals surface area contributed by atoms with E-state index in [-0.39, 0.29) is 47.1 Å². The lowest BCUT2D eigenvalue weighted by Gasteiger charge is -2.33. The third-order valence-electron chi connectivity index (χ3n) is 6.63. The first-order valence-electron chi connectivity index (χ1n) is 12.9.